The number of rotatable bonds is 40. The van der Waals surface area contributed by atoms with Crippen LogP contribution in [0.25, 0.3) is 0 Å². The molecule has 5 saturated heterocycles. The van der Waals surface area contributed by atoms with E-state index in [1.165, 1.54) is 96.3 Å². The molecule has 0 saturated carbocycles. The van der Waals surface area contributed by atoms with Crippen molar-refractivity contribution in [2.75, 3.05) is 131 Å². The van der Waals surface area contributed by atoms with Crippen LogP contribution in [0, 0.1) is 0 Å². The molecule has 0 radical (unpaired) electrons. The largest absolute Gasteiger partial charge is 0.494 e. The molecule has 5 aliphatic rings. The summed E-state index contributed by atoms with van der Waals surface area (Å²) in [7, 11) is 0. The maximum absolute atomic E-state index is 12.2. The van der Waals surface area contributed by atoms with Gasteiger partial charge in [-0.05, 0) is 283 Å². The molecule has 105 heavy (non-hydrogen) atoms. The number of hydrogen-bond donors (Lipinski definition) is 0. The highest BCUT2D eigenvalue weighted by molar-refractivity contribution is 5.98. The van der Waals surface area contributed by atoms with Crippen LogP contribution in [0.5, 0.6) is 28.7 Å². The molecular formula is C90H135N5O10. The van der Waals surface area contributed by atoms with Gasteiger partial charge in [0.25, 0.3) is 0 Å². The number of piperidine rings is 5. The summed E-state index contributed by atoms with van der Waals surface area (Å²) in [4.78, 5) is 73.0. The van der Waals surface area contributed by atoms with Crippen LogP contribution in [0.2, 0.25) is 0 Å². The molecule has 0 aliphatic carbocycles. The molecule has 0 unspecified atom stereocenters. The van der Waals surface area contributed by atoms with Gasteiger partial charge < -0.3 is 48.2 Å². The summed E-state index contributed by atoms with van der Waals surface area (Å²) < 4.78 is 28.1. The fraction of sp³-hybridized carbons (Fsp3) is 0.611. The standard InChI is InChI=1S/5C18H27NO2/c5*1-2-3-15-21-17-9-7-16(8-10-17)18(20)11-14-19-12-5-4-6-13-19/h5*7-10H,2-6,11-15H2,1H3. The molecule has 0 spiro atoms. The first-order valence-corrected chi connectivity index (χ1v) is 41.4. The molecule has 580 valence electrons. The SMILES string of the molecule is CCCCOc1ccc(C(=O)CCN2CCCCC2)cc1.CCCCOc1ccc(C(=O)CCN2CCCCC2)cc1.CCCCOc1ccc(C(=O)CCN2CCCCC2)cc1.CCCCOc1ccc(C(=O)CCN2CCCCC2)cc1.CCCCOc1ccc(C(=O)CCN2CCCCC2)cc1. The minimum Gasteiger partial charge on any atom is -0.494 e. The minimum absolute atomic E-state index is 0.237. The van der Waals surface area contributed by atoms with Crippen molar-refractivity contribution < 1.29 is 47.7 Å². The molecule has 10 rings (SSSR count). The van der Waals surface area contributed by atoms with Crippen LogP contribution < -0.4 is 23.7 Å². The lowest BCUT2D eigenvalue weighted by Crippen LogP contribution is -2.31. The Morgan fingerprint density at radius 3 is 0.505 bits per heavy atom. The quantitative estimate of drug-likeness (QED) is 0.0270. The highest BCUT2D eigenvalue weighted by atomic mass is 16.5. The molecule has 5 aromatic rings. The highest BCUT2D eigenvalue weighted by Gasteiger charge is 2.19. The van der Waals surface area contributed by atoms with E-state index in [4.69, 9.17) is 23.7 Å². The number of nitrogens with zero attached hydrogens (tertiary/aromatic N) is 5. The van der Waals surface area contributed by atoms with E-state index < -0.39 is 0 Å². The predicted molar refractivity (Wildman–Crippen MR) is 430 cm³/mol. The Morgan fingerprint density at radius 2 is 0.371 bits per heavy atom. The lowest BCUT2D eigenvalue weighted by Gasteiger charge is -2.25. The first-order valence-electron chi connectivity index (χ1n) is 41.4. The zero-order valence-corrected chi connectivity index (χ0v) is 65.7. The normalized spacial score (nSPS) is 15.9. The number of likely N-dealkylation sites (tertiary alicyclic amines) is 5. The highest BCUT2D eigenvalue weighted by Crippen LogP contribution is 2.22. The van der Waals surface area contributed by atoms with Gasteiger partial charge in [-0.2, -0.15) is 0 Å². The average molecular weight is 1450 g/mol. The number of ether oxygens (including phenoxy) is 5. The first-order chi connectivity index (χ1) is 51.5. The Bertz CT molecular complexity index is 2590. The average Bonchev–Trinajstić information content (AvgIpc) is 0.947. The monoisotopic (exact) mass is 1450 g/mol. The summed E-state index contributed by atoms with van der Waals surface area (Å²) in [5, 5.41) is 0. The Labute approximate surface area is 634 Å². The minimum atomic E-state index is 0.237. The van der Waals surface area contributed by atoms with Crippen LogP contribution in [0.4, 0.5) is 0 Å². The topological polar surface area (TPSA) is 148 Å². The number of hydrogen-bond acceptors (Lipinski definition) is 15. The summed E-state index contributed by atoms with van der Waals surface area (Å²) in [6, 6.07) is 38.0. The summed E-state index contributed by atoms with van der Waals surface area (Å²) >= 11 is 0. The van der Waals surface area contributed by atoms with Gasteiger partial charge in [0.1, 0.15) is 28.7 Å². The van der Waals surface area contributed by atoms with Crippen molar-refractivity contribution in [2.24, 2.45) is 0 Å². The lowest BCUT2D eigenvalue weighted by molar-refractivity contribution is 0.0950. The van der Waals surface area contributed by atoms with Crippen LogP contribution >= 0.6 is 0 Å². The molecule has 0 amide bonds. The van der Waals surface area contributed by atoms with Crippen LogP contribution in [-0.4, -0.2) is 185 Å². The molecule has 0 atom stereocenters. The van der Waals surface area contributed by atoms with E-state index in [0.717, 1.165) is 252 Å². The van der Waals surface area contributed by atoms with Crippen molar-refractivity contribution in [3.05, 3.63) is 149 Å². The first kappa shape index (κ1) is 87.2. The van der Waals surface area contributed by atoms with Crippen molar-refractivity contribution in [1.82, 2.24) is 24.5 Å². The zero-order valence-electron chi connectivity index (χ0n) is 65.7. The van der Waals surface area contributed by atoms with Gasteiger partial charge >= 0.3 is 0 Å². The number of ketones is 5. The third-order valence-electron chi connectivity index (χ3n) is 20.2. The van der Waals surface area contributed by atoms with Gasteiger partial charge in [-0.3, -0.25) is 24.0 Å². The number of benzene rings is 5. The van der Waals surface area contributed by atoms with Crippen molar-refractivity contribution in [2.45, 2.75) is 227 Å². The van der Waals surface area contributed by atoms with Crippen molar-refractivity contribution in [3.63, 3.8) is 0 Å². The maximum atomic E-state index is 12.2. The molecule has 15 heteroatoms. The van der Waals surface area contributed by atoms with E-state index in [-0.39, 0.29) is 28.9 Å². The van der Waals surface area contributed by atoms with Gasteiger partial charge in [-0.15, -0.1) is 0 Å². The summed E-state index contributed by atoms with van der Waals surface area (Å²) in [5.74, 6) is 5.47. The van der Waals surface area contributed by atoms with Gasteiger partial charge in [0.05, 0.1) is 33.0 Å². The van der Waals surface area contributed by atoms with E-state index in [1.807, 2.05) is 121 Å². The second-order valence-corrected chi connectivity index (χ2v) is 29.0. The van der Waals surface area contributed by atoms with Gasteiger partial charge in [0, 0.05) is 92.6 Å². The molecule has 5 aliphatic heterocycles. The van der Waals surface area contributed by atoms with E-state index in [1.54, 1.807) is 0 Å². The summed E-state index contributed by atoms with van der Waals surface area (Å²) in [6.45, 7) is 30.5. The Morgan fingerprint density at radius 1 is 0.229 bits per heavy atom. The Hall–Kier alpha value is -6.75. The maximum Gasteiger partial charge on any atom is 0.164 e. The Kier molecular flexibility index (Phi) is 45.5. The molecule has 5 aromatic carbocycles. The van der Waals surface area contributed by atoms with Crippen LogP contribution in [0.1, 0.15) is 279 Å². The second-order valence-electron chi connectivity index (χ2n) is 29.0. The van der Waals surface area contributed by atoms with Crippen molar-refractivity contribution in [1.29, 1.82) is 0 Å². The van der Waals surface area contributed by atoms with Gasteiger partial charge in [0.2, 0.25) is 0 Å². The molecule has 5 fully saturated rings. The molecular weight excluding hydrogens is 1310 g/mol. The second kappa shape index (κ2) is 54.8. The third kappa shape index (κ3) is 37.6. The van der Waals surface area contributed by atoms with E-state index in [9.17, 15) is 24.0 Å². The summed E-state index contributed by atoms with van der Waals surface area (Å²) in [6.07, 6.45) is 33.5. The van der Waals surface area contributed by atoms with Gasteiger partial charge in [-0.25, -0.2) is 0 Å². The fourth-order valence-corrected chi connectivity index (χ4v) is 13.3. The number of carbonyl (C=O) groups excluding carboxylic acids is 5. The number of unbranched alkanes of at least 4 members (excludes halogenated alkanes) is 5. The predicted octanol–water partition coefficient (Wildman–Crippen LogP) is 19.6. The van der Waals surface area contributed by atoms with Crippen LogP contribution in [-0.2, 0) is 0 Å². The number of carbonyl (C=O) groups is 5. The van der Waals surface area contributed by atoms with E-state index in [0.29, 0.717) is 32.1 Å². The molecule has 0 bridgehead atoms. The molecule has 0 aromatic heterocycles. The zero-order chi connectivity index (χ0) is 74.6. The molecule has 5 heterocycles. The van der Waals surface area contributed by atoms with E-state index >= 15 is 0 Å². The summed E-state index contributed by atoms with van der Waals surface area (Å²) in [5.41, 5.74) is 4.00. The lowest BCUT2D eigenvalue weighted by atomic mass is 10.1. The van der Waals surface area contributed by atoms with Gasteiger partial charge in [-0.1, -0.05) is 98.8 Å². The fourth-order valence-electron chi connectivity index (χ4n) is 13.3. The molecule has 0 N–H and O–H groups in total. The van der Waals surface area contributed by atoms with Crippen molar-refractivity contribution in [3.8, 4) is 28.7 Å². The molecule has 15 nitrogen and oxygen atoms in total. The smallest absolute Gasteiger partial charge is 0.164 e. The van der Waals surface area contributed by atoms with Crippen LogP contribution in [0.3, 0.4) is 0 Å². The third-order valence-corrected chi connectivity index (χ3v) is 20.2. The number of Topliss-reactive ketones (excluding diaryl/α,β-unsaturated/α-hetero) is 5. The van der Waals surface area contributed by atoms with Crippen LogP contribution in [0.15, 0.2) is 121 Å². The van der Waals surface area contributed by atoms with E-state index in [2.05, 4.69) is 59.1 Å². The Balaban J connectivity index is 0.000000206. The van der Waals surface area contributed by atoms with Gasteiger partial charge in [0.15, 0.2) is 28.9 Å². The van der Waals surface area contributed by atoms with Crippen molar-refractivity contribution >= 4 is 28.9 Å².